The number of aryl methyl sites for hydroxylation is 1. The summed E-state index contributed by atoms with van der Waals surface area (Å²) in [5.74, 6) is -1.11. The van der Waals surface area contributed by atoms with E-state index in [-0.39, 0.29) is 11.3 Å². The van der Waals surface area contributed by atoms with Crippen molar-refractivity contribution in [1.82, 2.24) is 9.55 Å². The molecule has 21 heavy (non-hydrogen) atoms. The van der Waals surface area contributed by atoms with Crippen molar-refractivity contribution in [2.24, 2.45) is 0 Å². The predicted molar refractivity (Wildman–Crippen MR) is 80.2 cm³/mol. The molecule has 0 radical (unpaired) electrons. The third kappa shape index (κ3) is 2.14. The van der Waals surface area contributed by atoms with Crippen LogP contribution in [0, 0.1) is 11.6 Å². The summed E-state index contributed by atoms with van der Waals surface area (Å²) in [6.07, 6.45) is 0. The van der Waals surface area contributed by atoms with E-state index in [9.17, 15) is 8.78 Å². The molecule has 0 atom stereocenters. The molecule has 3 aromatic rings. The number of para-hydroxylation sites is 1. The van der Waals surface area contributed by atoms with Gasteiger partial charge >= 0.3 is 0 Å². The summed E-state index contributed by atoms with van der Waals surface area (Å²) >= 11 is 6.20. The van der Waals surface area contributed by atoms with Crippen LogP contribution in [0.25, 0.3) is 22.4 Å². The lowest BCUT2D eigenvalue weighted by Crippen LogP contribution is -2.01. The fourth-order valence-corrected chi connectivity index (χ4v) is 2.66. The molecule has 2 N–H and O–H groups in total. The van der Waals surface area contributed by atoms with Gasteiger partial charge in [-0.2, -0.15) is 0 Å². The quantitative estimate of drug-likeness (QED) is 0.720. The maximum absolute atomic E-state index is 14.1. The van der Waals surface area contributed by atoms with Gasteiger partial charge in [0.25, 0.3) is 0 Å². The molecular weight excluding hydrogens is 296 g/mol. The molecule has 0 saturated carbocycles. The van der Waals surface area contributed by atoms with Gasteiger partial charge in [0.05, 0.1) is 27.3 Å². The molecular formula is C15H12ClF2N3. The molecule has 3 rings (SSSR count). The fraction of sp³-hybridized carbons (Fsp3) is 0.133. The van der Waals surface area contributed by atoms with E-state index in [1.54, 1.807) is 22.8 Å². The first kappa shape index (κ1) is 13.8. The number of imidazole rings is 1. The number of halogens is 3. The van der Waals surface area contributed by atoms with E-state index in [4.69, 9.17) is 17.3 Å². The zero-order valence-electron chi connectivity index (χ0n) is 11.2. The predicted octanol–water partition coefficient (Wildman–Crippen LogP) is 4.24. The Morgan fingerprint density at radius 3 is 2.71 bits per heavy atom. The SMILES string of the molecule is CCn1c(-c2cc(N)c(F)cc2F)nc2cccc(Cl)c21. The van der Waals surface area contributed by atoms with Crippen molar-refractivity contribution in [3.05, 3.63) is 47.0 Å². The Kier molecular flexibility index (Phi) is 3.29. The van der Waals surface area contributed by atoms with Gasteiger partial charge in [-0.05, 0) is 25.1 Å². The largest absolute Gasteiger partial charge is 0.396 e. The third-order valence-corrected chi connectivity index (χ3v) is 3.67. The Morgan fingerprint density at radius 2 is 2.00 bits per heavy atom. The molecule has 3 nitrogen and oxygen atoms in total. The summed E-state index contributed by atoms with van der Waals surface area (Å²) in [6.45, 7) is 2.45. The van der Waals surface area contributed by atoms with Gasteiger partial charge in [-0.3, -0.25) is 0 Å². The highest BCUT2D eigenvalue weighted by Gasteiger charge is 2.18. The topological polar surface area (TPSA) is 43.8 Å². The minimum atomic E-state index is -0.784. The zero-order chi connectivity index (χ0) is 15.1. The maximum Gasteiger partial charge on any atom is 0.149 e. The van der Waals surface area contributed by atoms with Gasteiger partial charge in [-0.15, -0.1) is 0 Å². The first-order chi connectivity index (χ1) is 10.0. The van der Waals surface area contributed by atoms with E-state index in [0.29, 0.717) is 22.9 Å². The number of hydrogen-bond acceptors (Lipinski definition) is 2. The number of fused-ring (bicyclic) bond motifs is 1. The van der Waals surface area contributed by atoms with Crippen molar-refractivity contribution in [2.45, 2.75) is 13.5 Å². The van der Waals surface area contributed by atoms with Gasteiger partial charge in [-0.1, -0.05) is 17.7 Å². The molecule has 108 valence electrons. The highest BCUT2D eigenvalue weighted by atomic mass is 35.5. The molecule has 6 heteroatoms. The average molecular weight is 308 g/mol. The van der Waals surface area contributed by atoms with E-state index in [1.165, 1.54) is 6.07 Å². The number of nitrogens with zero attached hydrogens (tertiary/aromatic N) is 2. The second kappa shape index (κ2) is 5.00. The Balaban J connectivity index is 2.35. The molecule has 2 aromatic carbocycles. The van der Waals surface area contributed by atoms with Crippen LogP contribution in [0.4, 0.5) is 14.5 Å². The van der Waals surface area contributed by atoms with Crippen molar-refractivity contribution in [1.29, 1.82) is 0 Å². The molecule has 0 aliphatic heterocycles. The highest BCUT2D eigenvalue weighted by molar-refractivity contribution is 6.35. The van der Waals surface area contributed by atoms with Gasteiger partial charge in [-0.25, -0.2) is 13.8 Å². The minimum Gasteiger partial charge on any atom is -0.396 e. The summed E-state index contributed by atoms with van der Waals surface area (Å²) in [4.78, 5) is 4.41. The van der Waals surface area contributed by atoms with Crippen molar-refractivity contribution >= 4 is 28.3 Å². The maximum atomic E-state index is 14.1. The Morgan fingerprint density at radius 1 is 1.24 bits per heavy atom. The smallest absolute Gasteiger partial charge is 0.149 e. The van der Waals surface area contributed by atoms with Gasteiger partial charge in [0, 0.05) is 12.6 Å². The van der Waals surface area contributed by atoms with Crippen LogP contribution in [-0.2, 0) is 6.54 Å². The fourth-order valence-electron chi connectivity index (χ4n) is 2.39. The lowest BCUT2D eigenvalue weighted by molar-refractivity contribution is 0.587. The van der Waals surface area contributed by atoms with Crippen LogP contribution in [0.2, 0.25) is 5.02 Å². The van der Waals surface area contributed by atoms with Crippen LogP contribution in [0.1, 0.15) is 6.92 Å². The van der Waals surface area contributed by atoms with Crippen LogP contribution >= 0.6 is 11.6 Å². The van der Waals surface area contributed by atoms with Gasteiger partial charge < -0.3 is 10.3 Å². The summed E-state index contributed by atoms with van der Waals surface area (Å²) in [6, 6.07) is 7.34. The Hall–Kier alpha value is -2.14. The first-order valence-electron chi connectivity index (χ1n) is 6.42. The van der Waals surface area contributed by atoms with Crippen LogP contribution in [0.15, 0.2) is 30.3 Å². The summed E-state index contributed by atoms with van der Waals surface area (Å²) in [7, 11) is 0. The summed E-state index contributed by atoms with van der Waals surface area (Å²) in [5, 5.41) is 0.531. The number of nitrogens with two attached hydrogens (primary N) is 1. The van der Waals surface area contributed by atoms with E-state index >= 15 is 0 Å². The van der Waals surface area contributed by atoms with Crippen LogP contribution in [-0.4, -0.2) is 9.55 Å². The minimum absolute atomic E-state index is 0.118. The van der Waals surface area contributed by atoms with Crippen LogP contribution in [0.3, 0.4) is 0 Å². The summed E-state index contributed by atoms with van der Waals surface area (Å²) in [5.41, 5.74) is 6.95. The second-order valence-corrected chi connectivity index (χ2v) is 5.05. The number of benzene rings is 2. The number of hydrogen-bond donors (Lipinski definition) is 1. The molecule has 0 spiro atoms. The van der Waals surface area contributed by atoms with Crippen molar-refractivity contribution < 1.29 is 8.78 Å². The third-order valence-electron chi connectivity index (χ3n) is 3.36. The Bertz CT molecular complexity index is 843. The summed E-state index contributed by atoms with van der Waals surface area (Å²) < 4.78 is 29.2. The number of rotatable bonds is 2. The number of aromatic nitrogens is 2. The first-order valence-corrected chi connectivity index (χ1v) is 6.80. The molecule has 0 fully saturated rings. The normalized spacial score (nSPS) is 11.2. The van der Waals surface area contributed by atoms with Gasteiger partial charge in [0.1, 0.15) is 17.5 Å². The lowest BCUT2D eigenvalue weighted by Gasteiger charge is -2.09. The highest BCUT2D eigenvalue weighted by Crippen LogP contribution is 2.32. The molecule has 0 aliphatic rings. The average Bonchev–Trinajstić information content (AvgIpc) is 2.82. The standard InChI is InChI=1S/C15H12ClF2N3/c1-2-21-14-9(16)4-3-5-13(14)20-15(21)8-6-12(19)11(18)7-10(8)17/h3-7H,2,19H2,1H3. The van der Waals surface area contributed by atoms with E-state index in [2.05, 4.69) is 4.98 Å². The van der Waals surface area contributed by atoms with Crippen molar-refractivity contribution in [3.63, 3.8) is 0 Å². The monoisotopic (exact) mass is 307 g/mol. The van der Waals surface area contributed by atoms with Crippen molar-refractivity contribution in [3.8, 4) is 11.4 Å². The Labute approximate surface area is 125 Å². The number of nitrogen functional groups attached to an aromatic ring is 1. The molecule has 0 amide bonds. The molecule has 0 aliphatic carbocycles. The molecule has 0 unspecified atom stereocenters. The molecule has 1 aromatic heterocycles. The van der Waals surface area contributed by atoms with E-state index < -0.39 is 11.6 Å². The van der Waals surface area contributed by atoms with Crippen LogP contribution < -0.4 is 5.73 Å². The number of anilines is 1. The molecule has 1 heterocycles. The van der Waals surface area contributed by atoms with Crippen molar-refractivity contribution in [2.75, 3.05) is 5.73 Å². The second-order valence-electron chi connectivity index (χ2n) is 4.64. The van der Waals surface area contributed by atoms with Crippen LogP contribution in [0.5, 0.6) is 0 Å². The lowest BCUT2D eigenvalue weighted by atomic mass is 10.1. The van der Waals surface area contributed by atoms with Gasteiger partial charge in [0.2, 0.25) is 0 Å². The van der Waals surface area contributed by atoms with E-state index in [0.717, 1.165) is 11.6 Å². The molecule has 0 saturated heterocycles. The van der Waals surface area contributed by atoms with Gasteiger partial charge in [0.15, 0.2) is 0 Å². The van der Waals surface area contributed by atoms with E-state index in [1.807, 2.05) is 6.92 Å². The molecule has 0 bridgehead atoms. The zero-order valence-corrected chi connectivity index (χ0v) is 12.0.